The molecule has 4 nitrogen and oxygen atoms in total. The Morgan fingerprint density at radius 3 is 1.66 bits per heavy atom. The average molecular weight is 526 g/mol. The van der Waals surface area contributed by atoms with E-state index in [-0.39, 0.29) is 0 Å². The van der Waals surface area contributed by atoms with Gasteiger partial charge in [-0.25, -0.2) is 0 Å². The first kappa shape index (κ1) is 26.0. The van der Waals surface area contributed by atoms with Crippen molar-refractivity contribution in [2.24, 2.45) is 0 Å². The number of nitrogens with zero attached hydrogens (tertiary/aromatic N) is 2. The van der Waals surface area contributed by atoms with Crippen molar-refractivity contribution in [2.45, 2.75) is 33.2 Å². The molecule has 4 aromatic rings. The molecule has 0 saturated carbocycles. The molecule has 1 aliphatic rings. The summed E-state index contributed by atoms with van der Waals surface area (Å²) >= 11 is 6.75. The summed E-state index contributed by atoms with van der Waals surface area (Å²) in [5, 5.41) is 4.58. The standard InChI is InChI=1S/C33H36ClN3O/c1-5-36(6-2)25-18-20-27-31(22-25)38-32-23-26(37(7-3)8-4)19-21-28(32)33(27,24-14-10-9-11-15-24)35-30-17-13-12-16-29(30)34/h9-23,35H,5-8H2,1-4H3. The number of rotatable bonds is 9. The van der Waals surface area contributed by atoms with Gasteiger partial charge in [-0.15, -0.1) is 0 Å². The van der Waals surface area contributed by atoms with Crippen LogP contribution in [0.15, 0.2) is 91.0 Å². The smallest absolute Gasteiger partial charge is 0.135 e. The Bertz CT molecular complexity index is 1340. The lowest BCUT2D eigenvalue weighted by Gasteiger charge is -2.43. The van der Waals surface area contributed by atoms with Crippen LogP contribution in [0, 0.1) is 0 Å². The van der Waals surface area contributed by atoms with Gasteiger partial charge in [0.15, 0.2) is 0 Å². The summed E-state index contributed by atoms with van der Waals surface area (Å²) in [5.41, 5.74) is 5.70. The number of hydrogen-bond acceptors (Lipinski definition) is 4. The largest absolute Gasteiger partial charge is 0.456 e. The molecule has 0 atom stereocenters. The van der Waals surface area contributed by atoms with Gasteiger partial charge in [0.1, 0.15) is 17.0 Å². The lowest BCUT2D eigenvalue weighted by Crippen LogP contribution is -2.40. The summed E-state index contributed by atoms with van der Waals surface area (Å²) in [6.07, 6.45) is 0. The summed E-state index contributed by atoms with van der Waals surface area (Å²) in [7, 11) is 0. The van der Waals surface area contributed by atoms with Gasteiger partial charge in [-0.2, -0.15) is 0 Å². The molecule has 0 radical (unpaired) electrons. The fraction of sp³-hybridized carbons (Fsp3) is 0.273. The molecule has 0 amide bonds. The first-order chi connectivity index (χ1) is 18.5. The number of anilines is 3. The second-order valence-electron chi connectivity index (χ2n) is 9.53. The van der Waals surface area contributed by atoms with Gasteiger partial charge in [0, 0.05) is 60.8 Å². The number of ether oxygens (including phenoxy) is 1. The molecule has 38 heavy (non-hydrogen) atoms. The third kappa shape index (κ3) is 4.48. The van der Waals surface area contributed by atoms with Crippen molar-refractivity contribution in [2.75, 3.05) is 41.3 Å². The second-order valence-corrected chi connectivity index (χ2v) is 9.94. The molecule has 0 aliphatic carbocycles. The van der Waals surface area contributed by atoms with Crippen LogP contribution in [0.25, 0.3) is 0 Å². The van der Waals surface area contributed by atoms with E-state index in [1.807, 2.05) is 24.3 Å². The molecule has 0 aromatic heterocycles. The fourth-order valence-corrected chi connectivity index (χ4v) is 5.80. The summed E-state index contributed by atoms with van der Waals surface area (Å²) in [6, 6.07) is 31.7. The number of hydrogen-bond donors (Lipinski definition) is 1. The minimum absolute atomic E-state index is 0.678. The quantitative estimate of drug-likeness (QED) is 0.237. The zero-order valence-electron chi connectivity index (χ0n) is 22.7. The van der Waals surface area contributed by atoms with Crippen LogP contribution in [0.1, 0.15) is 44.4 Å². The van der Waals surface area contributed by atoms with E-state index in [4.69, 9.17) is 16.3 Å². The van der Waals surface area contributed by atoms with Crippen molar-refractivity contribution >= 4 is 28.7 Å². The number of nitrogens with one attached hydrogen (secondary N) is 1. The van der Waals surface area contributed by atoms with Gasteiger partial charge in [0.05, 0.1) is 10.7 Å². The maximum Gasteiger partial charge on any atom is 0.135 e. The van der Waals surface area contributed by atoms with Crippen LogP contribution in [0.3, 0.4) is 0 Å². The molecule has 0 spiro atoms. The molecule has 0 bridgehead atoms. The van der Waals surface area contributed by atoms with Crippen LogP contribution in [-0.4, -0.2) is 26.2 Å². The molecule has 0 saturated heterocycles. The molecule has 196 valence electrons. The van der Waals surface area contributed by atoms with Crippen molar-refractivity contribution in [1.29, 1.82) is 0 Å². The van der Waals surface area contributed by atoms with Gasteiger partial charge in [0.25, 0.3) is 0 Å². The van der Waals surface area contributed by atoms with Crippen molar-refractivity contribution < 1.29 is 4.74 Å². The van der Waals surface area contributed by atoms with Crippen molar-refractivity contribution in [3.05, 3.63) is 113 Å². The SMILES string of the molecule is CCN(CC)c1ccc2c(c1)Oc1cc(N(CC)CC)ccc1C2(Nc1ccccc1Cl)c1ccccc1. The lowest BCUT2D eigenvalue weighted by atomic mass is 9.74. The summed E-state index contributed by atoms with van der Waals surface area (Å²) in [5.74, 6) is 1.70. The Kier molecular flexibility index (Phi) is 7.53. The predicted molar refractivity (Wildman–Crippen MR) is 161 cm³/mol. The number of halogens is 1. The molecule has 5 rings (SSSR count). The molecular formula is C33H36ClN3O. The van der Waals surface area contributed by atoms with Gasteiger partial charge in [-0.05, 0) is 57.5 Å². The minimum atomic E-state index is -0.710. The maximum atomic E-state index is 6.76. The molecular weight excluding hydrogens is 490 g/mol. The van der Waals surface area contributed by atoms with E-state index in [9.17, 15) is 0 Å². The Morgan fingerprint density at radius 1 is 0.658 bits per heavy atom. The summed E-state index contributed by atoms with van der Waals surface area (Å²) in [4.78, 5) is 4.69. The second kappa shape index (κ2) is 11.0. The topological polar surface area (TPSA) is 27.7 Å². The van der Waals surface area contributed by atoms with Crippen molar-refractivity contribution in [3.63, 3.8) is 0 Å². The zero-order chi connectivity index (χ0) is 26.7. The van der Waals surface area contributed by atoms with Crippen LogP contribution in [0.5, 0.6) is 11.5 Å². The zero-order valence-corrected chi connectivity index (χ0v) is 23.4. The summed E-state index contributed by atoms with van der Waals surface area (Å²) < 4.78 is 6.76. The van der Waals surface area contributed by atoms with Gasteiger partial charge in [-0.1, -0.05) is 66.2 Å². The predicted octanol–water partition coefficient (Wildman–Crippen LogP) is 8.54. The fourth-order valence-electron chi connectivity index (χ4n) is 5.62. The first-order valence-corrected chi connectivity index (χ1v) is 14.0. The monoisotopic (exact) mass is 525 g/mol. The lowest BCUT2D eigenvalue weighted by molar-refractivity contribution is 0.430. The molecule has 1 N–H and O–H groups in total. The van der Waals surface area contributed by atoms with E-state index in [2.05, 4.69) is 110 Å². The highest BCUT2D eigenvalue weighted by molar-refractivity contribution is 6.33. The Balaban J connectivity index is 1.81. The van der Waals surface area contributed by atoms with E-state index < -0.39 is 5.54 Å². The van der Waals surface area contributed by atoms with Crippen LogP contribution >= 0.6 is 11.6 Å². The third-order valence-electron chi connectivity index (χ3n) is 7.62. The maximum absolute atomic E-state index is 6.76. The van der Waals surface area contributed by atoms with Crippen molar-refractivity contribution in [3.8, 4) is 11.5 Å². The normalized spacial score (nSPS) is 13.2. The molecule has 5 heteroatoms. The van der Waals surface area contributed by atoms with Crippen LogP contribution in [0.2, 0.25) is 5.02 Å². The molecule has 1 aliphatic heterocycles. The Morgan fingerprint density at radius 2 is 1.16 bits per heavy atom. The minimum Gasteiger partial charge on any atom is -0.456 e. The highest BCUT2D eigenvalue weighted by Crippen LogP contribution is 2.53. The Labute approximate surface area is 231 Å². The first-order valence-electron chi connectivity index (χ1n) is 13.6. The number of benzene rings is 4. The highest BCUT2D eigenvalue weighted by atomic mass is 35.5. The van der Waals surface area contributed by atoms with E-state index in [1.165, 1.54) is 0 Å². The van der Waals surface area contributed by atoms with Crippen molar-refractivity contribution in [1.82, 2.24) is 0 Å². The van der Waals surface area contributed by atoms with Gasteiger partial charge < -0.3 is 19.9 Å². The van der Waals surface area contributed by atoms with E-state index in [0.717, 1.165) is 71.4 Å². The summed E-state index contributed by atoms with van der Waals surface area (Å²) in [6.45, 7) is 12.5. The molecule has 4 aromatic carbocycles. The molecule has 0 unspecified atom stereocenters. The highest BCUT2D eigenvalue weighted by Gasteiger charge is 2.44. The van der Waals surface area contributed by atoms with E-state index in [1.54, 1.807) is 0 Å². The molecule has 0 fully saturated rings. The van der Waals surface area contributed by atoms with Gasteiger partial charge in [-0.3, -0.25) is 0 Å². The average Bonchev–Trinajstić information content (AvgIpc) is 2.95. The third-order valence-corrected chi connectivity index (χ3v) is 7.95. The Hall–Kier alpha value is -3.63. The van der Waals surface area contributed by atoms with Crippen LogP contribution < -0.4 is 19.9 Å². The van der Waals surface area contributed by atoms with E-state index in [0.29, 0.717) is 5.02 Å². The molecule has 1 heterocycles. The van der Waals surface area contributed by atoms with Crippen LogP contribution in [0.4, 0.5) is 17.1 Å². The van der Waals surface area contributed by atoms with E-state index >= 15 is 0 Å². The number of para-hydroxylation sites is 1. The van der Waals surface area contributed by atoms with Gasteiger partial charge in [0.2, 0.25) is 0 Å². The van der Waals surface area contributed by atoms with Crippen LogP contribution in [-0.2, 0) is 5.54 Å². The number of fused-ring (bicyclic) bond motifs is 2. The van der Waals surface area contributed by atoms with Gasteiger partial charge >= 0.3 is 0 Å².